The van der Waals surface area contributed by atoms with E-state index in [1.807, 2.05) is 0 Å². The number of alkyl halides is 3. The highest BCUT2D eigenvalue weighted by Crippen LogP contribution is 2.33. The minimum Gasteiger partial charge on any atom is -0.297 e. The molecule has 2 aromatic carbocycles. The summed E-state index contributed by atoms with van der Waals surface area (Å²) >= 11 is 17.4. The quantitative estimate of drug-likeness (QED) is 0.582. The lowest BCUT2D eigenvalue weighted by Crippen LogP contribution is -2.30. The third kappa shape index (κ3) is 5.22. The van der Waals surface area contributed by atoms with Gasteiger partial charge in [0, 0.05) is 10.6 Å². The molecular weight excluding hydrogens is 464 g/mol. The molecule has 2 aromatic rings. The van der Waals surface area contributed by atoms with Crippen molar-refractivity contribution in [2.75, 3.05) is 11.2 Å². The van der Waals surface area contributed by atoms with Crippen molar-refractivity contribution in [1.29, 1.82) is 0 Å². The number of rotatable bonds is 5. The number of nitrogens with one attached hydrogen (secondary N) is 2. The van der Waals surface area contributed by atoms with Crippen molar-refractivity contribution in [2.24, 2.45) is 0 Å². The van der Waals surface area contributed by atoms with Gasteiger partial charge >= 0.3 is 6.18 Å². The predicted molar refractivity (Wildman–Crippen MR) is 102 cm³/mol. The lowest BCUT2D eigenvalue weighted by molar-refractivity contribution is -0.137. The van der Waals surface area contributed by atoms with Crippen LogP contribution < -0.4 is 10.9 Å². The van der Waals surface area contributed by atoms with Crippen LogP contribution in [-0.2, 0) is 16.0 Å². The molecule has 5 nitrogen and oxygen atoms in total. The van der Waals surface area contributed by atoms with E-state index in [1.165, 1.54) is 13.0 Å². The van der Waals surface area contributed by atoms with Gasteiger partial charge in [-0.15, -0.1) is 0 Å². The Kier molecular flexibility index (Phi) is 6.75. The Morgan fingerprint density at radius 2 is 1.64 bits per heavy atom. The summed E-state index contributed by atoms with van der Waals surface area (Å²) in [5.41, 5.74) is 2.90. The second-order valence-electron chi connectivity index (χ2n) is 5.47. The van der Waals surface area contributed by atoms with Crippen molar-refractivity contribution in [1.82, 2.24) is 5.43 Å². The van der Waals surface area contributed by atoms with Gasteiger partial charge in [0.25, 0.3) is 5.91 Å². The van der Waals surface area contributed by atoms with E-state index in [9.17, 15) is 26.4 Å². The smallest absolute Gasteiger partial charge is 0.297 e. The first-order chi connectivity index (χ1) is 12.8. The fourth-order valence-electron chi connectivity index (χ4n) is 2.12. The van der Waals surface area contributed by atoms with Gasteiger partial charge in [0.15, 0.2) is 9.84 Å². The monoisotopic (exact) mass is 474 g/mol. The number of anilines is 1. The molecular formula is C16H12Cl3F3N2O3S. The highest BCUT2D eigenvalue weighted by atomic mass is 35.5. The minimum atomic E-state index is -4.70. The molecule has 0 aromatic heterocycles. The number of hydrogen-bond acceptors (Lipinski definition) is 4. The molecule has 0 unspecified atom stereocenters. The lowest BCUT2D eigenvalue weighted by atomic mass is 10.1. The van der Waals surface area contributed by atoms with Crippen molar-refractivity contribution in [3.8, 4) is 0 Å². The Balaban J connectivity index is 2.34. The highest BCUT2D eigenvalue weighted by molar-refractivity contribution is 7.91. The molecule has 0 spiro atoms. The van der Waals surface area contributed by atoms with E-state index in [4.69, 9.17) is 34.8 Å². The molecule has 0 saturated heterocycles. The number of amides is 1. The summed E-state index contributed by atoms with van der Waals surface area (Å²) in [4.78, 5) is 12.0. The van der Waals surface area contributed by atoms with Crippen molar-refractivity contribution < 1.29 is 26.4 Å². The van der Waals surface area contributed by atoms with Gasteiger partial charge in [-0.1, -0.05) is 41.7 Å². The summed E-state index contributed by atoms with van der Waals surface area (Å²) in [6.07, 6.45) is -4.70. The SMILES string of the molecule is CCS(=O)(=O)c1cc(Cl)c(Cl)cc1NNC(=O)c1cc(Cl)cc(C(F)(F)F)c1. The van der Waals surface area contributed by atoms with E-state index >= 15 is 0 Å². The number of benzene rings is 2. The summed E-state index contributed by atoms with van der Waals surface area (Å²) < 4.78 is 63.0. The Bertz CT molecular complexity index is 1030. The Labute approximate surface area is 173 Å². The highest BCUT2D eigenvalue weighted by Gasteiger charge is 2.31. The van der Waals surface area contributed by atoms with Crippen LogP contribution in [0.1, 0.15) is 22.8 Å². The Morgan fingerprint density at radius 3 is 2.21 bits per heavy atom. The van der Waals surface area contributed by atoms with Crippen LogP contribution in [0.15, 0.2) is 35.2 Å². The molecule has 0 aliphatic rings. The van der Waals surface area contributed by atoms with Gasteiger partial charge in [-0.05, 0) is 30.3 Å². The van der Waals surface area contributed by atoms with Crippen LogP contribution in [0.2, 0.25) is 15.1 Å². The number of halogens is 6. The van der Waals surface area contributed by atoms with Crippen LogP contribution >= 0.6 is 34.8 Å². The molecule has 0 saturated carbocycles. The first-order valence-corrected chi connectivity index (χ1v) is 10.3. The number of hydrogen-bond donors (Lipinski definition) is 2. The zero-order valence-electron chi connectivity index (χ0n) is 14.0. The van der Waals surface area contributed by atoms with E-state index < -0.39 is 27.5 Å². The van der Waals surface area contributed by atoms with Crippen LogP contribution in [0, 0.1) is 0 Å². The third-order valence-corrected chi connectivity index (χ3v) is 6.24. The van der Waals surface area contributed by atoms with Crippen LogP contribution in [0.25, 0.3) is 0 Å². The largest absolute Gasteiger partial charge is 0.416 e. The average Bonchev–Trinajstić information content (AvgIpc) is 2.60. The zero-order chi connectivity index (χ0) is 21.3. The molecule has 0 radical (unpaired) electrons. The molecule has 0 bridgehead atoms. The fourth-order valence-corrected chi connectivity index (χ4v) is 3.80. The van der Waals surface area contributed by atoms with Crippen LogP contribution in [0.5, 0.6) is 0 Å². The zero-order valence-corrected chi connectivity index (χ0v) is 17.1. The molecule has 0 aliphatic heterocycles. The Hall–Kier alpha value is -1.68. The molecule has 0 aliphatic carbocycles. The summed E-state index contributed by atoms with van der Waals surface area (Å²) in [6.45, 7) is 1.41. The van der Waals surface area contributed by atoms with Gasteiger partial charge in [0.05, 0.1) is 31.9 Å². The third-order valence-electron chi connectivity index (χ3n) is 3.54. The van der Waals surface area contributed by atoms with Gasteiger partial charge in [-0.25, -0.2) is 8.42 Å². The number of carbonyl (C=O) groups excluding carboxylic acids is 1. The molecule has 1 amide bonds. The van der Waals surface area contributed by atoms with Gasteiger partial charge in [0.1, 0.15) is 0 Å². The van der Waals surface area contributed by atoms with Gasteiger partial charge in [-0.3, -0.25) is 15.6 Å². The second kappa shape index (κ2) is 8.36. The maximum Gasteiger partial charge on any atom is 0.416 e. The second-order valence-corrected chi connectivity index (χ2v) is 8.97. The van der Waals surface area contributed by atoms with Crippen molar-refractivity contribution >= 4 is 56.2 Å². The van der Waals surface area contributed by atoms with Crippen LogP contribution in [0.3, 0.4) is 0 Å². The molecule has 0 heterocycles. The number of carbonyl (C=O) groups is 1. The molecule has 2 rings (SSSR count). The van der Waals surface area contributed by atoms with Crippen molar-refractivity contribution in [2.45, 2.75) is 18.0 Å². The first-order valence-electron chi connectivity index (χ1n) is 7.51. The topological polar surface area (TPSA) is 75.3 Å². The van der Waals surface area contributed by atoms with Crippen LogP contribution in [0.4, 0.5) is 18.9 Å². The first kappa shape index (κ1) is 22.6. The van der Waals surface area contributed by atoms with E-state index in [-0.39, 0.29) is 37.0 Å². The minimum absolute atomic E-state index is 0.00980. The summed E-state index contributed by atoms with van der Waals surface area (Å²) in [5.74, 6) is -1.23. The maximum atomic E-state index is 12.9. The molecule has 152 valence electrons. The summed E-state index contributed by atoms with van der Waals surface area (Å²) in [5, 5.41) is -0.297. The van der Waals surface area contributed by atoms with Crippen molar-refractivity contribution in [3.05, 3.63) is 56.5 Å². The lowest BCUT2D eigenvalue weighted by Gasteiger charge is -2.15. The molecule has 2 N–H and O–H groups in total. The van der Waals surface area contributed by atoms with E-state index in [0.29, 0.717) is 12.1 Å². The summed E-state index contributed by atoms with van der Waals surface area (Å²) in [6, 6.07) is 4.61. The van der Waals surface area contributed by atoms with Crippen molar-refractivity contribution in [3.63, 3.8) is 0 Å². The van der Waals surface area contributed by atoms with Crippen LogP contribution in [-0.4, -0.2) is 20.1 Å². The summed E-state index contributed by atoms with van der Waals surface area (Å²) in [7, 11) is -3.74. The van der Waals surface area contributed by atoms with E-state index in [2.05, 4.69) is 10.9 Å². The maximum absolute atomic E-state index is 12.9. The average molecular weight is 476 g/mol. The van der Waals surface area contributed by atoms with Gasteiger partial charge in [0.2, 0.25) is 0 Å². The van der Waals surface area contributed by atoms with E-state index in [1.54, 1.807) is 0 Å². The number of sulfone groups is 1. The predicted octanol–water partition coefficient (Wildman–Crippen LogP) is 5.22. The normalized spacial score (nSPS) is 12.0. The number of hydrazine groups is 1. The standard InChI is InChI=1S/C16H12Cl3F3N2O3S/c1-2-28(26,27)14-7-12(19)11(18)6-13(14)23-24-15(25)8-3-9(16(20,21)22)5-10(17)4-8/h3-7,23H,2H2,1H3,(H,24,25). The Morgan fingerprint density at radius 1 is 1.04 bits per heavy atom. The fraction of sp³-hybridized carbons (Fsp3) is 0.188. The molecule has 12 heteroatoms. The molecule has 28 heavy (non-hydrogen) atoms. The van der Waals surface area contributed by atoms with Gasteiger partial charge < -0.3 is 0 Å². The van der Waals surface area contributed by atoms with E-state index in [0.717, 1.165) is 12.1 Å². The van der Waals surface area contributed by atoms with Gasteiger partial charge in [-0.2, -0.15) is 13.2 Å². The molecule has 0 fully saturated rings. The molecule has 0 atom stereocenters.